The minimum absolute atomic E-state index is 0. The summed E-state index contributed by atoms with van der Waals surface area (Å²) < 4.78 is 2.09. The van der Waals surface area contributed by atoms with Crippen molar-refractivity contribution >= 4 is 12.4 Å². The van der Waals surface area contributed by atoms with Crippen LogP contribution in [-0.4, -0.2) is 21.2 Å². The van der Waals surface area contributed by atoms with Gasteiger partial charge in [-0.05, 0) is 0 Å². The molecule has 0 saturated carbocycles. The van der Waals surface area contributed by atoms with Gasteiger partial charge in [-0.2, -0.15) is 0 Å². The Kier molecular flexibility index (Phi) is 3.08. The number of aromatic nitrogens is 2. The lowest BCUT2D eigenvalue weighted by Crippen LogP contribution is -2.27. The van der Waals surface area contributed by atoms with Crippen LogP contribution in [0.4, 0.5) is 0 Å². The van der Waals surface area contributed by atoms with Gasteiger partial charge in [-0.15, -0.1) is 12.4 Å². The molecule has 0 saturated heterocycles. The van der Waals surface area contributed by atoms with Gasteiger partial charge in [-0.3, -0.25) is 0 Å². The first-order valence-corrected chi connectivity index (χ1v) is 3.76. The van der Waals surface area contributed by atoms with E-state index in [0.717, 1.165) is 31.2 Å². The minimum Gasteiger partial charge on any atom is -0.390 e. The summed E-state index contributed by atoms with van der Waals surface area (Å²) in [5.41, 5.74) is 0.767. The van der Waals surface area contributed by atoms with E-state index in [4.69, 9.17) is 5.11 Å². The summed E-state index contributed by atoms with van der Waals surface area (Å²) in [5.74, 6) is 1.03. The van der Waals surface area contributed by atoms with Gasteiger partial charge in [0, 0.05) is 19.3 Å². The van der Waals surface area contributed by atoms with Gasteiger partial charge < -0.3 is 15.0 Å². The summed E-state index contributed by atoms with van der Waals surface area (Å²) in [6.45, 7) is 2.82. The molecule has 0 fully saturated rings. The molecule has 2 rings (SSSR count). The Hall–Kier alpha value is -0.580. The molecule has 0 aromatic carbocycles. The van der Waals surface area contributed by atoms with Gasteiger partial charge in [0.2, 0.25) is 0 Å². The summed E-state index contributed by atoms with van der Waals surface area (Å²) in [6, 6.07) is 0. The molecule has 2 N–H and O–H groups in total. The molecule has 1 aromatic rings. The lowest BCUT2D eigenvalue weighted by Gasteiger charge is -2.13. The van der Waals surface area contributed by atoms with Crippen molar-refractivity contribution in [1.29, 1.82) is 0 Å². The SMILES string of the molecule is Cl.OCc1cn2c(n1)CNCC2. The molecule has 0 aliphatic carbocycles. The summed E-state index contributed by atoms with van der Waals surface area (Å²) in [6.07, 6.45) is 1.91. The van der Waals surface area contributed by atoms with Crippen LogP contribution >= 0.6 is 12.4 Å². The number of hydrogen-bond donors (Lipinski definition) is 2. The van der Waals surface area contributed by atoms with Crippen molar-refractivity contribution in [2.75, 3.05) is 6.54 Å². The van der Waals surface area contributed by atoms with E-state index in [2.05, 4.69) is 14.9 Å². The Bertz CT molecular complexity index is 238. The van der Waals surface area contributed by atoms with Crippen molar-refractivity contribution in [2.24, 2.45) is 0 Å². The highest BCUT2D eigenvalue weighted by Gasteiger charge is 2.10. The van der Waals surface area contributed by atoms with Gasteiger partial charge in [0.1, 0.15) is 5.82 Å². The summed E-state index contributed by atoms with van der Waals surface area (Å²) in [4.78, 5) is 4.22. The van der Waals surface area contributed by atoms with Crippen molar-refractivity contribution in [2.45, 2.75) is 19.7 Å². The fourth-order valence-corrected chi connectivity index (χ4v) is 1.32. The summed E-state index contributed by atoms with van der Waals surface area (Å²) in [5, 5.41) is 12.0. The standard InChI is InChI=1S/C7H11N3O.ClH/c11-5-6-4-10-2-1-8-3-7(10)9-6;/h4,8,11H,1-3,5H2;1H. The van der Waals surface area contributed by atoms with Crippen LogP contribution in [0.25, 0.3) is 0 Å². The second-order valence-electron chi connectivity index (χ2n) is 2.68. The van der Waals surface area contributed by atoms with Gasteiger partial charge in [0.15, 0.2) is 0 Å². The van der Waals surface area contributed by atoms with Gasteiger partial charge in [0.25, 0.3) is 0 Å². The third-order valence-electron chi connectivity index (χ3n) is 1.88. The zero-order valence-electron chi connectivity index (χ0n) is 6.66. The van der Waals surface area contributed by atoms with Crippen LogP contribution in [-0.2, 0) is 19.7 Å². The molecule has 1 aromatic heterocycles. The highest BCUT2D eigenvalue weighted by Crippen LogP contribution is 2.05. The number of nitrogens with one attached hydrogen (secondary N) is 1. The number of aliphatic hydroxyl groups excluding tert-OH is 1. The number of nitrogens with zero attached hydrogens (tertiary/aromatic N) is 2. The molecule has 4 nitrogen and oxygen atoms in total. The Morgan fingerprint density at radius 1 is 1.67 bits per heavy atom. The van der Waals surface area contributed by atoms with E-state index < -0.39 is 0 Å². The first-order chi connectivity index (χ1) is 5.40. The van der Waals surface area contributed by atoms with E-state index in [-0.39, 0.29) is 19.0 Å². The molecule has 68 valence electrons. The normalized spacial score (nSPS) is 15.1. The monoisotopic (exact) mass is 189 g/mol. The van der Waals surface area contributed by atoms with E-state index in [0.29, 0.717) is 0 Å². The van der Waals surface area contributed by atoms with E-state index in [9.17, 15) is 0 Å². The van der Waals surface area contributed by atoms with E-state index in [1.54, 1.807) is 0 Å². The summed E-state index contributed by atoms with van der Waals surface area (Å²) >= 11 is 0. The van der Waals surface area contributed by atoms with Crippen molar-refractivity contribution < 1.29 is 5.11 Å². The van der Waals surface area contributed by atoms with E-state index in [1.807, 2.05) is 6.20 Å². The molecule has 0 bridgehead atoms. The topological polar surface area (TPSA) is 50.1 Å². The number of imidazole rings is 1. The predicted molar refractivity (Wildman–Crippen MR) is 47.1 cm³/mol. The number of rotatable bonds is 1. The van der Waals surface area contributed by atoms with Crippen LogP contribution in [0.15, 0.2) is 6.20 Å². The van der Waals surface area contributed by atoms with Gasteiger partial charge in [-0.1, -0.05) is 0 Å². The highest BCUT2D eigenvalue weighted by molar-refractivity contribution is 5.85. The van der Waals surface area contributed by atoms with Gasteiger partial charge >= 0.3 is 0 Å². The Labute approximate surface area is 77.0 Å². The molecule has 0 atom stereocenters. The third kappa shape index (κ3) is 1.60. The van der Waals surface area contributed by atoms with Gasteiger partial charge in [-0.25, -0.2) is 4.98 Å². The van der Waals surface area contributed by atoms with Gasteiger partial charge in [0.05, 0.1) is 18.8 Å². The molecule has 0 radical (unpaired) electrons. The maximum atomic E-state index is 8.79. The summed E-state index contributed by atoms with van der Waals surface area (Å²) in [7, 11) is 0. The van der Waals surface area contributed by atoms with E-state index >= 15 is 0 Å². The van der Waals surface area contributed by atoms with Crippen molar-refractivity contribution in [3.05, 3.63) is 17.7 Å². The second kappa shape index (κ2) is 3.89. The molecule has 1 aliphatic rings. The lowest BCUT2D eigenvalue weighted by molar-refractivity contribution is 0.277. The largest absolute Gasteiger partial charge is 0.390 e. The lowest BCUT2D eigenvalue weighted by atomic mass is 10.4. The van der Waals surface area contributed by atoms with Crippen LogP contribution in [0.2, 0.25) is 0 Å². The maximum absolute atomic E-state index is 8.79. The van der Waals surface area contributed by atoms with E-state index in [1.165, 1.54) is 0 Å². The smallest absolute Gasteiger partial charge is 0.123 e. The fourth-order valence-electron chi connectivity index (χ4n) is 1.32. The highest BCUT2D eigenvalue weighted by atomic mass is 35.5. The number of hydrogen-bond acceptors (Lipinski definition) is 3. The predicted octanol–water partition coefficient (Wildman–Crippen LogP) is -0.0996. The molecule has 0 unspecified atom stereocenters. The number of fused-ring (bicyclic) bond motifs is 1. The molecule has 5 heteroatoms. The quantitative estimate of drug-likeness (QED) is 0.649. The molecule has 0 spiro atoms. The zero-order chi connectivity index (χ0) is 7.68. The Balaban J connectivity index is 0.000000720. The average Bonchev–Trinajstić information content (AvgIpc) is 2.46. The molecule has 12 heavy (non-hydrogen) atoms. The molecule has 1 aliphatic heterocycles. The molecular weight excluding hydrogens is 178 g/mol. The van der Waals surface area contributed by atoms with Crippen LogP contribution in [0.3, 0.4) is 0 Å². The molecular formula is C7H12ClN3O. The van der Waals surface area contributed by atoms with Crippen LogP contribution in [0, 0.1) is 0 Å². The minimum atomic E-state index is 0. The average molecular weight is 190 g/mol. The fraction of sp³-hybridized carbons (Fsp3) is 0.571. The van der Waals surface area contributed by atoms with Crippen molar-refractivity contribution in [3.63, 3.8) is 0 Å². The first-order valence-electron chi connectivity index (χ1n) is 3.76. The number of aliphatic hydroxyl groups is 1. The molecule has 0 amide bonds. The van der Waals surface area contributed by atoms with Crippen molar-refractivity contribution in [1.82, 2.24) is 14.9 Å². The maximum Gasteiger partial charge on any atom is 0.123 e. The third-order valence-corrected chi connectivity index (χ3v) is 1.88. The Morgan fingerprint density at radius 2 is 2.50 bits per heavy atom. The van der Waals surface area contributed by atoms with Crippen LogP contribution in [0.1, 0.15) is 11.5 Å². The van der Waals surface area contributed by atoms with Crippen molar-refractivity contribution in [3.8, 4) is 0 Å². The van der Waals surface area contributed by atoms with Crippen LogP contribution in [0.5, 0.6) is 0 Å². The molecule has 2 heterocycles. The van der Waals surface area contributed by atoms with Crippen LogP contribution < -0.4 is 5.32 Å². The first kappa shape index (κ1) is 9.51. The Morgan fingerprint density at radius 3 is 3.17 bits per heavy atom. The zero-order valence-corrected chi connectivity index (χ0v) is 7.47. The second-order valence-corrected chi connectivity index (χ2v) is 2.68. The number of halogens is 1.